The van der Waals surface area contributed by atoms with E-state index in [2.05, 4.69) is 15.6 Å². The molecule has 3 unspecified atom stereocenters. The zero-order valence-corrected chi connectivity index (χ0v) is 14.6. The van der Waals surface area contributed by atoms with Crippen molar-refractivity contribution < 1.29 is 34.5 Å². The van der Waals surface area contributed by atoms with Gasteiger partial charge in [0.2, 0.25) is 11.8 Å². The average molecular weight is 390 g/mol. The highest BCUT2D eigenvalue weighted by Crippen LogP contribution is 2.01. The lowest BCUT2D eigenvalue weighted by molar-refractivity contribution is -0.142. The molecule has 0 aromatic carbocycles. The van der Waals surface area contributed by atoms with Crippen molar-refractivity contribution in [1.82, 2.24) is 10.6 Å². The normalized spacial score (nSPS) is 13.7. The van der Waals surface area contributed by atoms with E-state index in [-0.39, 0.29) is 38.2 Å². The molecule has 0 aromatic heterocycles. The molecule has 0 radical (unpaired) electrons. The molecule has 0 rings (SSSR count). The Balaban J connectivity index is 4.68. The van der Waals surface area contributed by atoms with Gasteiger partial charge in [-0.15, -0.1) is 0 Å². The third-order valence-electron chi connectivity index (χ3n) is 3.38. The molecule has 154 valence electrons. The zero-order valence-electron chi connectivity index (χ0n) is 14.6. The summed E-state index contributed by atoms with van der Waals surface area (Å²) in [5.41, 5.74) is 15.8. The summed E-state index contributed by atoms with van der Waals surface area (Å²) in [6, 6.07) is -3.91. The van der Waals surface area contributed by atoms with Crippen LogP contribution >= 0.6 is 0 Å². The summed E-state index contributed by atoms with van der Waals surface area (Å²) in [5, 5.41) is 31.3. The third kappa shape index (κ3) is 10.6. The van der Waals surface area contributed by atoms with Gasteiger partial charge in [0.1, 0.15) is 12.1 Å². The summed E-state index contributed by atoms with van der Waals surface area (Å²) >= 11 is 0. The molecule has 13 nitrogen and oxygen atoms in total. The second-order valence-electron chi connectivity index (χ2n) is 5.63. The van der Waals surface area contributed by atoms with Crippen LogP contribution in [0.1, 0.15) is 25.7 Å². The van der Waals surface area contributed by atoms with Crippen molar-refractivity contribution in [3.8, 4) is 0 Å². The fourth-order valence-electron chi connectivity index (χ4n) is 1.92. The van der Waals surface area contributed by atoms with Crippen LogP contribution in [-0.4, -0.2) is 76.3 Å². The summed E-state index contributed by atoms with van der Waals surface area (Å²) in [4.78, 5) is 49.3. The number of carboxylic acids is 2. The van der Waals surface area contributed by atoms with E-state index in [9.17, 15) is 24.3 Å². The number of aliphatic hydroxyl groups is 1. The minimum absolute atomic E-state index is 0.0159. The quantitative estimate of drug-likeness (QED) is 0.0867. The second kappa shape index (κ2) is 12.4. The Hall–Kier alpha value is -2.93. The number of amides is 2. The van der Waals surface area contributed by atoms with E-state index in [0.717, 1.165) is 0 Å². The number of carbonyl (C=O) groups is 4. The molecule has 0 spiro atoms. The van der Waals surface area contributed by atoms with Crippen LogP contribution in [0.4, 0.5) is 0 Å². The minimum Gasteiger partial charge on any atom is -0.481 e. The smallest absolute Gasteiger partial charge is 0.326 e. The summed E-state index contributed by atoms with van der Waals surface area (Å²) < 4.78 is 0. The van der Waals surface area contributed by atoms with Gasteiger partial charge in [0, 0.05) is 13.0 Å². The molecule has 0 aliphatic rings. The molecule has 0 aliphatic heterocycles. The molecule has 13 heteroatoms. The first-order chi connectivity index (χ1) is 12.6. The van der Waals surface area contributed by atoms with Crippen LogP contribution in [0.2, 0.25) is 0 Å². The standard InChI is InChI=1S/C14H26N6O7/c15-7(3-4-10(22)23)11(24)20-9(6-21)12(25)19-8(13(26)27)2-1-5-18-14(16)17/h7-9,21H,1-6,15H2,(H,19,25)(H,20,24)(H,22,23)(H,26,27)(H4,16,17,18). The van der Waals surface area contributed by atoms with Crippen LogP contribution in [0.5, 0.6) is 0 Å². The SMILES string of the molecule is NC(N)=NCCCC(NC(=O)C(CO)NC(=O)C(N)CCC(=O)O)C(=O)O. The Bertz CT molecular complexity index is 564. The summed E-state index contributed by atoms with van der Waals surface area (Å²) in [5.74, 6) is -4.36. The Kier molecular flexibility index (Phi) is 11.1. The van der Waals surface area contributed by atoms with Gasteiger partial charge in [0.25, 0.3) is 0 Å². The number of aliphatic imine (C=N–C) groups is 1. The van der Waals surface area contributed by atoms with Crippen LogP contribution in [0.15, 0.2) is 4.99 Å². The van der Waals surface area contributed by atoms with Crippen molar-refractivity contribution in [1.29, 1.82) is 0 Å². The maximum Gasteiger partial charge on any atom is 0.326 e. The van der Waals surface area contributed by atoms with E-state index in [0.29, 0.717) is 0 Å². The van der Waals surface area contributed by atoms with E-state index in [1.54, 1.807) is 0 Å². The number of aliphatic carboxylic acids is 2. The zero-order chi connectivity index (χ0) is 21.0. The molecular formula is C14H26N6O7. The predicted octanol–water partition coefficient (Wildman–Crippen LogP) is -3.72. The van der Waals surface area contributed by atoms with Gasteiger partial charge >= 0.3 is 11.9 Å². The lowest BCUT2D eigenvalue weighted by Gasteiger charge is -2.21. The van der Waals surface area contributed by atoms with Crippen molar-refractivity contribution in [3.05, 3.63) is 0 Å². The van der Waals surface area contributed by atoms with Gasteiger partial charge in [-0.05, 0) is 19.3 Å². The Morgan fingerprint density at radius 1 is 0.963 bits per heavy atom. The van der Waals surface area contributed by atoms with Gasteiger partial charge in [0.15, 0.2) is 5.96 Å². The monoisotopic (exact) mass is 390 g/mol. The van der Waals surface area contributed by atoms with Crippen molar-refractivity contribution in [3.63, 3.8) is 0 Å². The molecule has 27 heavy (non-hydrogen) atoms. The molecule has 0 saturated carbocycles. The molecule has 0 heterocycles. The maximum absolute atomic E-state index is 12.1. The minimum atomic E-state index is -1.44. The van der Waals surface area contributed by atoms with Gasteiger partial charge in [-0.3, -0.25) is 19.4 Å². The lowest BCUT2D eigenvalue weighted by Crippen LogP contribution is -2.55. The topological polar surface area (TPSA) is 243 Å². The predicted molar refractivity (Wildman–Crippen MR) is 93.3 cm³/mol. The summed E-state index contributed by atoms with van der Waals surface area (Å²) in [6.07, 6.45) is -0.224. The highest BCUT2D eigenvalue weighted by Gasteiger charge is 2.27. The van der Waals surface area contributed by atoms with Crippen molar-refractivity contribution in [2.45, 2.75) is 43.8 Å². The molecule has 0 fully saturated rings. The number of nitrogens with two attached hydrogens (primary N) is 3. The van der Waals surface area contributed by atoms with Crippen LogP contribution < -0.4 is 27.8 Å². The first-order valence-corrected chi connectivity index (χ1v) is 8.05. The largest absolute Gasteiger partial charge is 0.481 e. The molecule has 0 aliphatic carbocycles. The molecule has 11 N–H and O–H groups in total. The van der Waals surface area contributed by atoms with Crippen LogP contribution in [0.3, 0.4) is 0 Å². The number of hydrogen-bond acceptors (Lipinski definition) is 7. The number of carbonyl (C=O) groups excluding carboxylic acids is 2. The Morgan fingerprint density at radius 2 is 1.56 bits per heavy atom. The molecule has 0 aromatic rings. The van der Waals surface area contributed by atoms with Gasteiger partial charge in [-0.25, -0.2) is 4.79 Å². The van der Waals surface area contributed by atoms with Crippen molar-refractivity contribution in [2.24, 2.45) is 22.2 Å². The number of carboxylic acid groups (broad SMARTS) is 2. The Labute approximate surface area is 155 Å². The van der Waals surface area contributed by atoms with Crippen LogP contribution in [0, 0.1) is 0 Å². The van der Waals surface area contributed by atoms with E-state index in [1.807, 2.05) is 0 Å². The summed E-state index contributed by atoms with van der Waals surface area (Å²) in [6.45, 7) is -0.635. The number of guanidine groups is 1. The summed E-state index contributed by atoms with van der Waals surface area (Å²) in [7, 11) is 0. The average Bonchev–Trinajstić information content (AvgIpc) is 2.58. The van der Waals surface area contributed by atoms with Gasteiger partial charge < -0.3 is 43.2 Å². The fourth-order valence-corrected chi connectivity index (χ4v) is 1.92. The molecular weight excluding hydrogens is 364 g/mol. The van der Waals surface area contributed by atoms with Crippen molar-refractivity contribution >= 4 is 29.7 Å². The molecule has 0 saturated heterocycles. The number of hydrogen-bond donors (Lipinski definition) is 8. The fraction of sp³-hybridized carbons (Fsp3) is 0.643. The van der Waals surface area contributed by atoms with Gasteiger partial charge in [0.05, 0.1) is 12.6 Å². The highest BCUT2D eigenvalue weighted by molar-refractivity contribution is 5.92. The van der Waals surface area contributed by atoms with Crippen molar-refractivity contribution in [2.75, 3.05) is 13.2 Å². The van der Waals surface area contributed by atoms with E-state index in [1.165, 1.54) is 0 Å². The number of nitrogens with zero attached hydrogens (tertiary/aromatic N) is 1. The van der Waals surface area contributed by atoms with E-state index in [4.69, 9.17) is 27.4 Å². The van der Waals surface area contributed by atoms with E-state index >= 15 is 0 Å². The first-order valence-electron chi connectivity index (χ1n) is 8.05. The maximum atomic E-state index is 12.1. The highest BCUT2D eigenvalue weighted by atomic mass is 16.4. The van der Waals surface area contributed by atoms with Crippen LogP contribution in [0.25, 0.3) is 0 Å². The second-order valence-corrected chi connectivity index (χ2v) is 5.63. The molecule has 3 atom stereocenters. The first kappa shape index (κ1) is 24.1. The van der Waals surface area contributed by atoms with E-state index < -0.39 is 48.5 Å². The van der Waals surface area contributed by atoms with Gasteiger partial charge in [-0.1, -0.05) is 0 Å². The molecule has 0 bridgehead atoms. The van der Waals surface area contributed by atoms with Gasteiger partial charge in [-0.2, -0.15) is 0 Å². The third-order valence-corrected chi connectivity index (χ3v) is 3.38. The number of aliphatic hydroxyl groups excluding tert-OH is 1. The number of nitrogens with one attached hydrogen (secondary N) is 2. The lowest BCUT2D eigenvalue weighted by atomic mass is 10.1. The Morgan fingerprint density at radius 3 is 2.04 bits per heavy atom. The molecule has 2 amide bonds. The van der Waals surface area contributed by atoms with Crippen LogP contribution in [-0.2, 0) is 19.2 Å². The number of rotatable bonds is 13.